The van der Waals surface area contributed by atoms with Crippen molar-refractivity contribution < 1.29 is 13.2 Å². The van der Waals surface area contributed by atoms with Gasteiger partial charge in [-0.15, -0.1) is 0 Å². The molecule has 3 atom stereocenters. The summed E-state index contributed by atoms with van der Waals surface area (Å²) in [6, 6.07) is 9.96. The van der Waals surface area contributed by atoms with E-state index in [9.17, 15) is 13.2 Å². The summed E-state index contributed by atoms with van der Waals surface area (Å²) in [5.41, 5.74) is 1.26. The first-order valence-corrected chi connectivity index (χ1v) is 12.5. The van der Waals surface area contributed by atoms with Gasteiger partial charge in [-0.25, -0.2) is 13.1 Å². The molecule has 1 amide bonds. The minimum absolute atomic E-state index is 0.0259. The lowest BCUT2D eigenvalue weighted by molar-refractivity contribution is -0.123. The van der Waals surface area contributed by atoms with Crippen LogP contribution in [0.15, 0.2) is 30.3 Å². The molecule has 0 aliphatic carbocycles. The van der Waals surface area contributed by atoms with E-state index in [2.05, 4.69) is 34.0 Å². The van der Waals surface area contributed by atoms with E-state index in [1.807, 2.05) is 24.5 Å². The minimum atomic E-state index is -3.42. The van der Waals surface area contributed by atoms with Crippen LogP contribution in [0.1, 0.15) is 38.3 Å². The number of thioether (sulfide) groups is 1. The Morgan fingerprint density at radius 3 is 2.67 bits per heavy atom. The number of nitrogens with one attached hydrogen (secondary N) is 2. The smallest absolute Gasteiger partial charge is 0.238 e. The van der Waals surface area contributed by atoms with Gasteiger partial charge in [0.05, 0.1) is 5.75 Å². The van der Waals surface area contributed by atoms with Crippen molar-refractivity contribution in [2.75, 3.05) is 30.9 Å². The second-order valence-corrected chi connectivity index (χ2v) is 9.96. The van der Waals surface area contributed by atoms with Crippen LogP contribution in [0.3, 0.4) is 0 Å². The Morgan fingerprint density at radius 1 is 1.33 bits per heavy atom. The van der Waals surface area contributed by atoms with E-state index >= 15 is 0 Å². The van der Waals surface area contributed by atoms with E-state index in [0.29, 0.717) is 12.5 Å². The lowest BCUT2D eigenvalue weighted by atomic mass is 10.1. The monoisotopic (exact) mass is 413 g/mol. The summed E-state index contributed by atoms with van der Waals surface area (Å²) in [6.07, 6.45) is 3.31. The Labute approximate surface area is 167 Å². The molecular weight excluding hydrogens is 382 g/mol. The number of hydrogen-bond acceptors (Lipinski definition) is 5. The third kappa shape index (κ3) is 6.78. The number of benzene rings is 1. The summed E-state index contributed by atoms with van der Waals surface area (Å²) >= 11 is 1.60. The zero-order valence-corrected chi connectivity index (χ0v) is 18.0. The van der Waals surface area contributed by atoms with Gasteiger partial charge in [0.2, 0.25) is 15.9 Å². The Morgan fingerprint density at radius 2 is 2.04 bits per heavy atom. The maximum Gasteiger partial charge on any atom is 0.238 e. The van der Waals surface area contributed by atoms with E-state index in [1.165, 1.54) is 5.56 Å². The highest BCUT2D eigenvalue weighted by atomic mass is 32.2. The van der Waals surface area contributed by atoms with Crippen LogP contribution in [-0.2, 0) is 14.8 Å². The van der Waals surface area contributed by atoms with Gasteiger partial charge in [-0.05, 0) is 44.3 Å². The molecule has 2 N–H and O–H groups in total. The minimum Gasteiger partial charge on any atom is -0.351 e. The van der Waals surface area contributed by atoms with E-state index in [0.717, 1.165) is 25.3 Å². The van der Waals surface area contributed by atoms with Crippen LogP contribution < -0.4 is 10.0 Å². The number of hydrogen-bond donors (Lipinski definition) is 2. The second-order valence-electron chi connectivity index (χ2n) is 6.93. The molecule has 152 valence electrons. The van der Waals surface area contributed by atoms with Gasteiger partial charge < -0.3 is 5.32 Å². The highest BCUT2D eigenvalue weighted by Crippen LogP contribution is 2.24. The molecule has 8 heteroatoms. The lowest BCUT2D eigenvalue weighted by Gasteiger charge is -2.25. The van der Waals surface area contributed by atoms with E-state index in [4.69, 9.17) is 0 Å². The fraction of sp³-hybridized carbons (Fsp3) is 0.632. The first kappa shape index (κ1) is 22.2. The Bertz CT molecular complexity index is 697. The van der Waals surface area contributed by atoms with Crippen LogP contribution in [0.4, 0.5) is 0 Å². The molecule has 1 saturated heterocycles. The standard InChI is InChI=1S/C19H31N3O3S2/c1-4-27(24,25)21-18(11-13-26-3)19(23)20-17-10-12-22(14-17)15(2)16-8-6-5-7-9-16/h5-9,15,17-18,21H,4,10-14H2,1-3H3,(H,20,23). The third-order valence-electron chi connectivity index (χ3n) is 5.02. The molecule has 1 aliphatic rings. The van der Waals surface area contributed by atoms with Crippen molar-refractivity contribution in [3.63, 3.8) is 0 Å². The Hall–Kier alpha value is -1.09. The van der Waals surface area contributed by atoms with Crippen LogP contribution in [0, 0.1) is 0 Å². The summed E-state index contributed by atoms with van der Waals surface area (Å²) in [7, 11) is -3.42. The lowest BCUT2D eigenvalue weighted by Crippen LogP contribution is -2.50. The molecule has 0 aromatic heterocycles. The topological polar surface area (TPSA) is 78.5 Å². The number of rotatable bonds is 10. The van der Waals surface area contributed by atoms with Crippen molar-refractivity contribution in [2.45, 2.75) is 44.8 Å². The summed E-state index contributed by atoms with van der Waals surface area (Å²) < 4.78 is 26.4. The van der Waals surface area contributed by atoms with E-state index in [1.54, 1.807) is 18.7 Å². The summed E-state index contributed by atoms with van der Waals surface area (Å²) in [5.74, 6) is 0.480. The number of carbonyl (C=O) groups excluding carboxylic acids is 1. The van der Waals surface area contributed by atoms with Crippen molar-refractivity contribution in [1.82, 2.24) is 14.9 Å². The van der Waals surface area contributed by atoms with Gasteiger partial charge in [0.1, 0.15) is 6.04 Å². The van der Waals surface area contributed by atoms with Crippen LogP contribution >= 0.6 is 11.8 Å². The summed E-state index contributed by atoms with van der Waals surface area (Å²) in [5, 5.41) is 3.05. The van der Waals surface area contributed by atoms with E-state index in [-0.39, 0.29) is 17.7 Å². The maximum atomic E-state index is 12.7. The molecule has 3 unspecified atom stereocenters. The van der Waals surface area contributed by atoms with E-state index < -0.39 is 16.1 Å². The Balaban J connectivity index is 1.93. The van der Waals surface area contributed by atoms with Gasteiger partial charge in [-0.3, -0.25) is 9.69 Å². The zero-order valence-electron chi connectivity index (χ0n) is 16.3. The third-order valence-corrected chi connectivity index (χ3v) is 7.07. The van der Waals surface area contributed by atoms with Crippen molar-refractivity contribution in [3.05, 3.63) is 35.9 Å². The van der Waals surface area contributed by atoms with Crippen LogP contribution in [0.2, 0.25) is 0 Å². The number of nitrogens with zero attached hydrogens (tertiary/aromatic N) is 1. The average molecular weight is 414 g/mol. The molecule has 0 radical (unpaired) electrons. The second kappa shape index (κ2) is 10.5. The van der Waals surface area contributed by atoms with Crippen LogP contribution in [0.25, 0.3) is 0 Å². The highest BCUT2D eigenvalue weighted by molar-refractivity contribution is 7.98. The molecule has 2 rings (SSSR count). The number of likely N-dealkylation sites (tertiary alicyclic amines) is 1. The SMILES string of the molecule is CCS(=O)(=O)NC(CCSC)C(=O)NC1CCN(C(C)c2ccccc2)C1. The van der Waals surface area contributed by atoms with Gasteiger partial charge in [0.25, 0.3) is 0 Å². The van der Waals surface area contributed by atoms with Crippen molar-refractivity contribution in [1.29, 1.82) is 0 Å². The predicted molar refractivity (Wildman–Crippen MR) is 112 cm³/mol. The van der Waals surface area contributed by atoms with Crippen molar-refractivity contribution in [2.24, 2.45) is 0 Å². The molecule has 1 aromatic carbocycles. The van der Waals surface area contributed by atoms with Crippen molar-refractivity contribution >= 4 is 27.7 Å². The van der Waals surface area contributed by atoms with Gasteiger partial charge >= 0.3 is 0 Å². The quantitative estimate of drug-likeness (QED) is 0.613. The van der Waals surface area contributed by atoms with Gasteiger partial charge in [-0.2, -0.15) is 11.8 Å². The molecule has 6 nitrogen and oxygen atoms in total. The largest absolute Gasteiger partial charge is 0.351 e. The number of amides is 1. The normalized spacial score (nSPS) is 20.3. The first-order valence-electron chi connectivity index (χ1n) is 9.44. The average Bonchev–Trinajstić information content (AvgIpc) is 3.13. The van der Waals surface area contributed by atoms with Gasteiger partial charge in [-0.1, -0.05) is 30.3 Å². The molecular formula is C19H31N3O3S2. The molecule has 27 heavy (non-hydrogen) atoms. The maximum absolute atomic E-state index is 12.7. The molecule has 0 saturated carbocycles. The predicted octanol–water partition coefficient (Wildman–Crippen LogP) is 2.00. The molecule has 1 heterocycles. The molecule has 1 aliphatic heterocycles. The molecule has 0 spiro atoms. The van der Waals surface area contributed by atoms with Crippen LogP contribution in [0.5, 0.6) is 0 Å². The summed E-state index contributed by atoms with van der Waals surface area (Å²) in [6.45, 7) is 5.44. The van der Waals surface area contributed by atoms with Gasteiger partial charge in [0.15, 0.2) is 0 Å². The Kier molecular flexibility index (Phi) is 8.60. The molecule has 1 aromatic rings. The fourth-order valence-electron chi connectivity index (χ4n) is 3.28. The summed E-state index contributed by atoms with van der Waals surface area (Å²) in [4.78, 5) is 15.0. The number of sulfonamides is 1. The van der Waals surface area contributed by atoms with Gasteiger partial charge in [0, 0.05) is 25.2 Å². The highest BCUT2D eigenvalue weighted by Gasteiger charge is 2.30. The zero-order chi connectivity index (χ0) is 19.9. The number of carbonyl (C=O) groups is 1. The molecule has 0 bridgehead atoms. The molecule has 1 fully saturated rings. The fourth-order valence-corrected chi connectivity index (χ4v) is 4.58. The van der Waals surface area contributed by atoms with Crippen molar-refractivity contribution in [3.8, 4) is 0 Å². The first-order chi connectivity index (χ1) is 12.9. The van der Waals surface area contributed by atoms with Crippen LogP contribution in [-0.4, -0.2) is 62.2 Å².